The van der Waals surface area contributed by atoms with Crippen LogP contribution in [0, 0.1) is 5.82 Å². The van der Waals surface area contributed by atoms with Gasteiger partial charge in [0, 0.05) is 25.8 Å². The van der Waals surface area contributed by atoms with Crippen LogP contribution in [0.15, 0.2) is 54.1 Å². The third kappa shape index (κ3) is 4.94. The van der Waals surface area contributed by atoms with E-state index in [0.29, 0.717) is 30.9 Å². The number of rotatable bonds is 9. The summed E-state index contributed by atoms with van der Waals surface area (Å²) < 4.78 is 24.1. The summed E-state index contributed by atoms with van der Waals surface area (Å²) in [6.07, 6.45) is 1.37. The molecule has 0 aromatic heterocycles. The van der Waals surface area contributed by atoms with Gasteiger partial charge in [-0.1, -0.05) is 19.1 Å². The van der Waals surface area contributed by atoms with E-state index in [1.54, 1.807) is 31.4 Å². The van der Waals surface area contributed by atoms with Crippen molar-refractivity contribution in [2.45, 2.75) is 25.8 Å². The maximum Gasteiger partial charge on any atom is 0.295 e. The second-order valence-corrected chi connectivity index (χ2v) is 7.27. The average molecular weight is 427 g/mol. The molecule has 1 atom stereocenters. The van der Waals surface area contributed by atoms with E-state index in [-0.39, 0.29) is 23.4 Å². The molecule has 2 aromatic rings. The molecule has 1 aliphatic heterocycles. The monoisotopic (exact) mass is 427 g/mol. The molecule has 2 aromatic carbocycles. The minimum absolute atomic E-state index is 0.0262. The van der Waals surface area contributed by atoms with Crippen LogP contribution in [0.2, 0.25) is 0 Å². The molecule has 1 aliphatic rings. The lowest BCUT2D eigenvalue weighted by atomic mass is 9.95. The normalized spacial score (nSPS) is 17.9. The minimum Gasteiger partial charge on any atom is -0.507 e. The predicted octanol–water partition coefficient (Wildman–Crippen LogP) is 4.07. The topological polar surface area (TPSA) is 76.1 Å². The molecule has 0 saturated carbocycles. The van der Waals surface area contributed by atoms with Crippen LogP contribution in [0.3, 0.4) is 0 Å². The molecule has 0 radical (unpaired) electrons. The fraction of sp³-hybridized carbons (Fsp3) is 0.333. The van der Waals surface area contributed by atoms with E-state index in [1.807, 2.05) is 6.92 Å². The number of amides is 1. The third-order valence-electron chi connectivity index (χ3n) is 5.05. The highest BCUT2D eigenvalue weighted by Gasteiger charge is 2.45. The molecule has 1 heterocycles. The molecule has 31 heavy (non-hydrogen) atoms. The van der Waals surface area contributed by atoms with Crippen molar-refractivity contribution in [2.24, 2.45) is 0 Å². The van der Waals surface area contributed by atoms with Crippen molar-refractivity contribution in [2.75, 3.05) is 26.9 Å². The van der Waals surface area contributed by atoms with Gasteiger partial charge >= 0.3 is 0 Å². The molecule has 0 aliphatic carbocycles. The molecule has 3 rings (SSSR count). The lowest BCUT2D eigenvalue weighted by Crippen LogP contribution is -2.31. The quantitative estimate of drug-likeness (QED) is 0.283. The molecule has 164 valence electrons. The molecule has 0 spiro atoms. The second kappa shape index (κ2) is 10.2. The number of halogens is 1. The number of hydrogen-bond acceptors (Lipinski definition) is 5. The number of benzene rings is 2. The number of aliphatic hydroxyl groups excluding tert-OH is 1. The Bertz CT molecular complexity index is 970. The first-order chi connectivity index (χ1) is 15.0. The molecule has 6 nitrogen and oxygen atoms in total. The lowest BCUT2D eigenvalue weighted by Gasteiger charge is -2.25. The zero-order valence-electron chi connectivity index (χ0n) is 17.6. The number of aliphatic hydroxyl groups is 1. The van der Waals surface area contributed by atoms with Crippen molar-refractivity contribution < 1.29 is 28.6 Å². The lowest BCUT2D eigenvalue weighted by molar-refractivity contribution is -0.140. The summed E-state index contributed by atoms with van der Waals surface area (Å²) in [4.78, 5) is 27.2. The van der Waals surface area contributed by atoms with E-state index in [4.69, 9.17) is 9.47 Å². The highest BCUT2D eigenvalue weighted by atomic mass is 19.1. The SMILES string of the molecule is CCCOc1cccc(C2/C(=C(\O)c3ccc(F)cc3)C(=O)C(=O)N2CCCOC)c1. The van der Waals surface area contributed by atoms with Gasteiger partial charge in [-0.2, -0.15) is 0 Å². The standard InChI is InChI=1S/C24H26FNO5/c1-3-13-31-19-7-4-6-17(15-19)21-20(22(27)16-8-10-18(25)11-9-16)23(28)24(29)26(21)12-5-14-30-2/h4,6-11,15,21,27H,3,5,12-14H2,1-2H3/b22-20+. The number of hydrogen-bond donors (Lipinski definition) is 1. The van der Waals surface area contributed by atoms with E-state index < -0.39 is 23.5 Å². The summed E-state index contributed by atoms with van der Waals surface area (Å²) in [7, 11) is 1.56. The Morgan fingerprint density at radius 1 is 1.13 bits per heavy atom. The van der Waals surface area contributed by atoms with Crippen molar-refractivity contribution in [3.8, 4) is 5.75 Å². The molecule has 1 saturated heterocycles. The molecule has 0 bridgehead atoms. The average Bonchev–Trinajstić information content (AvgIpc) is 3.03. The Balaban J connectivity index is 2.09. The zero-order valence-corrected chi connectivity index (χ0v) is 17.6. The third-order valence-corrected chi connectivity index (χ3v) is 5.05. The first-order valence-electron chi connectivity index (χ1n) is 10.2. The van der Waals surface area contributed by atoms with Gasteiger partial charge in [0.25, 0.3) is 11.7 Å². The van der Waals surface area contributed by atoms with Gasteiger partial charge in [-0.3, -0.25) is 9.59 Å². The largest absolute Gasteiger partial charge is 0.507 e. The van der Waals surface area contributed by atoms with Gasteiger partial charge in [-0.15, -0.1) is 0 Å². The summed E-state index contributed by atoms with van der Waals surface area (Å²) in [5.74, 6) is -1.65. The molecule has 7 heteroatoms. The van der Waals surface area contributed by atoms with Crippen LogP contribution < -0.4 is 4.74 Å². The first-order valence-corrected chi connectivity index (χ1v) is 10.2. The predicted molar refractivity (Wildman–Crippen MR) is 114 cm³/mol. The Morgan fingerprint density at radius 3 is 2.55 bits per heavy atom. The second-order valence-electron chi connectivity index (χ2n) is 7.27. The Hall–Kier alpha value is -3.19. The van der Waals surface area contributed by atoms with Crippen molar-refractivity contribution >= 4 is 17.4 Å². The number of nitrogens with zero attached hydrogens (tertiary/aromatic N) is 1. The molecule has 1 amide bonds. The van der Waals surface area contributed by atoms with Crippen molar-refractivity contribution in [3.63, 3.8) is 0 Å². The Kier molecular flexibility index (Phi) is 7.41. The van der Waals surface area contributed by atoms with Crippen molar-refractivity contribution in [1.82, 2.24) is 4.90 Å². The summed E-state index contributed by atoms with van der Waals surface area (Å²) >= 11 is 0. The van der Waals surface area contributed by atoms with Gasteiger partial charge in [0.1, 0.15) is 17.3 Å². The maximum absolute atomic E-state index is 13.3. The number of likely N-dealkylation sites (tertiary alicyclic amines) is 1. The number of ketones is 1. The van der Waals surface area contributed by atoms with Crippen LogP contribution >= 0.6 is 0 Å². The molecular weight excluding hydrogens is 401 g/mol. The van der Waals surface area contributed by atoms with Gasteiger partial charge in [0.05, 0.1) is 18.2 Å². The van der Waals surface area contributed by atoms with Gasteiger partial charge < -0.3 is 19.5 Å². The van der Waals surface area contributed by atoms with Crippen LogP contribution in [0.5, 0.6) is 5.75 Å². The van der Waals surface area contributed by atoms with Crippen LogP contribution in [0.4, 0.5) is 4.39 Å². The van der Waals surface area contributed by atoms with Crippen LogP contribution in [-0.4, -0.2) is 48.6 Å². The highest BCUT2D eigenvalue weighted by Crippen LogP contribution is 2.40. The minimum atomic E-state index is -0.785. The Morgan fingerprint density at radius 2 is 1.87 bits per heavy atom. The van der Waals surface area contributed by atoms with E-state index in [2.05, 4.69) is 0 Å². The zero-order chi connectivity index (χ0) is 22.4. The van der Waals surface area contributed by atoms with E-state index >= 15 is 0 Å². The van der Waals surface area contributed by atoms with Crippen LogP contribution in [0.25, 0.3) is 5.76 Å². The number of methoxy groups -OCH3 is 1. The van der Waals surface area contributed by atoms with Gasteiger partial charge in [0.15, 0.2) is 0 Å². The molecular formula is C24H26FNO5. The number of carbonyl (C=O) groups excluding carboxylic acids is 2. The maximum atomic E-state index is 13.3. The summed E-state index contributed by atoms with van der Waals surface area (Å²) in [6.45, 7) is 3.24. The molecule has 1 N–H and O–H groups in total. The van der Waals surface area contributed by atoms with Crippen molar-refractivity contribution in [1.29, 1.82) is 0 Å². The number of Topliss-reactive ketones (excluding diaryl/α,β-unsaturated/α-hetero) is 1. The molecule has 1 fully saturated rings. The fourth-order valence-electron chi connectivity index (χ4n) is 3.59. The van der Waals surface area contributed by atoms with Gasteiger partial charge in [-0.25, -0.2) is 4.39 Å². The summed E-state index contributed by atoms with van der Waals surface area (Å²) in [6, 6.07) is 11.5. The number of carbonyl (C=O) groups is 2. The first kappa shape index (κ1) is 22.5. The summed E-state index contributed by atoms with van der Waals surface area (Å²) in [5.41, 5.74) is 0.884. The van der Waals surface area contributed by atoms with E-state index in [1.165, 1.54) is 29.2 Å². The van der Waals surface area contributed by atoms with Gasteiger partial charge in [-0.05, 0) is 54.8 Å². The van der Waals surface area contributed by atoms with E-state index in [0.717, 1.165) is 6.42 Å². The fourth-order valence-corrected chi connectivity index (χ4v) is 3.59. The van der Waals surface area contributed by atoms with Gasteiger partial charge in [0.2, 0.25) is 0 Å². The van der Waals surface area contributed by atoms with Crippen molar-refractivity contribution in [3.05, 3.63) is 71.0 Å². The van der Waals surface area contributed by atoms with Crippen LogP contribution in [0.1, 0.15) is 36.9 Å². The summed E-state index contributed by atoms with van der Waals surface area (Å²) in [5, 5.41) is 10.9. The Labute approximate surface area is 180 Å². The highest BCUT2D eigenvalue weighted by molar-refractivity contribution is 6.46. The van der Waals surface area contributed by atoms with Crippen LogP contribution in [-0.2, 0) is 14.3 Å². The smallest absolute Gasteiger partial charge is 0.295 e. The number of ether oxygens (including phenoxy) is 2. The van der Waals surface area contributed by atoms with E-state index in [9.17, 15) is 19.1 Å². The molecule has 1 unspecified atom stereocenters.